The largest absolute Gasteiger partial charge is 0.169 e. The van der Waals surface area contributed by atoms with Gasteiger partial charge in [-0.25, -0.2) is 0 Å². The third kappa shape index (κ3) is 1.77. The molecular formula is C12H24S. The first-order valence-corrected chi connectivity index (χ1v) is 7.01. The van der Waals surface area contributed by atoms with Crippen LogP contribution in [0.25, 0.3) is 0 Å². The predicted molar refractivity (Wildman–Crippen MR) is 63.3 cm³/mol. The standard InChI is InChI=1S/C10H18.C2H6S/c1-9(2)8-4-6-10(9,3)7-5-8;1-3-2/h8H,4-7H2,1-3H3;1-2H3. The highest BCUT2D eigenvalue weighted by Crippen LogP contribution is 2.65. The van der Waals surface area contributed by atoms with Crippen LogP contribution in [0, 0.1) is 16.7 Å². The van der Waals surface area contributed by atoms with Gasteiger partial charge in [-0.2, -0.15) is 11.8 Å². The summed E-state index contributed by atoms with van der Waals surface area (Å²) in [5.41, 5.74) is 1.37. The molecule has 0 aliphatic heterocycles. The molecule has 0 N–H and O–H groups in total. The Morgan fingerprint density at radius 3 is 1.46 bits per heavy atom. The maximum absolute atomic E-state index is 2.49. The van der Waals surface area contributed by atoms with Gasteiger partial charge in [0.05, 0.1) is 0 Å². The zero-order valence-electron chi connectivity index (χ0n) is 9.81. The van der Waals surface area contributed by atoms with Gasteiger partial charge in [-0.1, -0.05) is 20.8 Å². The van der Waals surface area contributed by atoms with Crippen molar-refractivity contribution in [3.63, 3.8) is 0 Å². The lowest BCUT2D eigenvalue weighted by Gasteiger charge is -2.34. The van der Waals surface area contributed by atoms with Gasteiger partial charge in [0.15, 0.2) is 0 Å². The number of hydrogen-bond acceptors (Lipinski definition) is 1. The van der Waals surface area contributed by atoms with E-state index in [1.54, 1.807) is 11.8 Å². The molecule has 2 saturated carbocycles. The fraction of sp³-hybridized carbons (Fsp3) is 1.00. The molecule has 0 saturated heterocycles. The van der Waals surface area contributed by atoms with Gasteiger partial charge in [-0.3, -0.25) is 0 Å². The van der Waals surface area contributed by atoms with E-state index in [-0.39, 0.29) is 0 Å². The molecule has 0 nitrogen and oxygen atoms in total. The average Bonchev–Trinajstić information content (AvgIpc) is 2.38. The lowest BCUT2D eigenvalue weighted by atomic mass is 9.71. The Bertz CT molecular complexity index is 161. The van der Waals surface area contributed by atoms with Gasteiger partial charge in [0.25, 0.3) is 0 Å². The molecule has 0 heterocycles. The molecule has 0 unspecified atom stereocenters. The summed E-state index contributed by atoms with van der Waals surface area (Å²) in [5.74, 6) is 1.05. The Labute approximate surface area is 87.9 Å². The lowest BCUT2D eigenvalue weighted by Crippen LogP contribution is -2.26. The van der Waals surface area contributed by atoms with Gasteiger partial charge in [-0.15, -0.1) is 0 Å². The highest BCUT2D eigenvalue weighted by molar-refractivity contribution is 7.97. The van der Waals surface area contributed by atoms with Crippen molar-refractivity contribution >= 4 is 11.8 Å². The monoisotopic (exact) mass is 200 g/mol. The molecule has 0 atom stereocenters. The highest BCUT2D eigenvalue weighted by atomic mass is 32.2. The number of rotatable bonds is 0. The molecule has 2 rings (SSSR count). The topological polar surface area (TPSA) is 0 Å². The summed E-state index contributed by atoms with van der Waals surface area (Å²) in [5, 5.41) is 0. The minimum absolute atomic E-state index is 0.660. The van der Waals surface area contributed by atoms with Gasteiger partial charge < -0.3 is 0 Å². The van der Waals surface area contributed by atoms with E-state index in [0.29, 0.717) is 10.8 Å². The van der Waals surface area contributed by atoms with Crippen LogP contribution in [-0.4, -0.2) is 12.5 Å². The molecule has 2 bridgehead atoms. The van der Waals surface area contributed by atoms with Crippen LogP contribution in [0.4, 0.5) is 0 Å². The Hall–Kier alpha value is 0.350. The molecule has 2 aliphatic rings. The zero-order valence-corrected chi connectivity index (χ0v) is 10.6. The molecule has 78 valence electrons. The summed E-state index contributed by atoms with van der Waals surface area (Å²) < 4.78 is 0. The number of fused-ring (bicyclic) bond motifs is 2. The maximum atomic E-state index is 2.49. The van der Waals surface area contributed by atoms with Crippen LogP contribution in [-0.2, 0) is 0 Å². The molecule has 0 radical (unpaired) electrons. The van der Waals surface area contributed by atoms with Crippen molar-refractivity contribution in [2.24, 2.45) is 16.7 Å². The molecule has 0 amide bonds. The van der Waals surface area contributed by atoms with Crippen molar-refractivity contribution < 1.29 is 0 Å². The van der Waals surface area contributed by atoms with Crippen LogP contribution in [0.3, 0.4) is 0 Å². The zero-order chi connectivity index (χ0) is 10.1. The first-order chi connectivity index (χ1) is 5.98. The molecule has 0 aromatic rings. The van der Waals surface area contributed by atoms with E-state index in [1.807, 2.05) is 12.5 Å². The van der Waals surface area contributed by atoms with E-state index in [9.17, 15) is 0 Å². The van der Waals surface area contributed by atoms with Crippen molar-refractivity contribution in [3.8, 4) is 0 Å². The lowest BCUT2D eigenvalue weighted by molar-refractivity contribution is 0.152. The molecule has 0 aromatic heterocycles. The maximum Gasteiger partial charge on any atom is -0.0187 e. The van der Waals surface area contributed by atoms with Crippen molar-refractivity contribution in [2.75, 3.05) is 12.5 Å². The smallest absolute Gasteiger partial charge is 0.0187 e. The van der Waals surface area contributed by atoms with E-state index < -0.39 is 0 Å². The first-order valence-electron chi connectivity index (χ1n) is 5.38. The van der Waals surface area contributed by atoms with Crippen molar-refractivity contribution in [3.05, 3.63) is 0 Å². The fourth-order valence-corrected chi connectivity index (χ4v) is 3.11. The minimum Gasteiger partial charge on any atom is -0.169 e. The Kier molecular flexibility index (Phi) is 3.38. The number of hydrogen-bond donors (Lipinski definition) is 0. The second kappa shape index (κ2) is 3.84. The second-order valence-electron chi connectivity index (χ2n) is 5.46. The van der Waals surface area contributed by atoms with E-state index in [4.69, 9.17) is 0 Å². The van der Waals surface area contributed by atoms with Gasteiger partial charge in [0.1, 0.15) is 0 Å². The van der Waals surface area contributed by atoms with E-state index in [0.717, 1.165) is 5.92 Å². The average molecular weight is 200 g/mol. The van der Waals surface area contributed by atoms with Crippen molar-refractivity contribution in [1.82, 2.24) is 0 Å². The summed E-state index contributed by atoms with van der Waals surface area (Å²) in [6, 6.07) is 0. The van der Waals surface area contributed by atoms with E-state index >= 15 is 0 Å². The summed E-state index contributed by atoms with van der Waals surface area (Å²) in [7, 11) is 0. The van der Waals surface area contributed by atoms with Crippen molar-refractivity contribution in [1.29, 1.82) is 0 Å². The Morgan fingerprint density at radius 2 is 1.38 bits per heavy atom. The van der Waals surface area contributed by atoms with E-state index in [2.05, 4.69) is 20.8 Å². The minimum atomic E-state index is 0.660. The molecular weight excluding hydrogens is 176 g/mol. The molecule has 1 heteroatoms. The van der Waals surface area contributed by atoms with Crippen molar-refractivity contribution in [2.45, 2.75) is 46.5 Å². The van der Waals surface area contributed by atoms with Crippen LogP contribution >= 0.6 is 11.8 Å². The van der Waals surface area contributed by atoms with Gasteiger partial charge in [0.2, 0.25) is 0 Å². The quantitative estimate of drug-likeness (QED) is 0.564. The van der Waals surface area contributed by atoms with Gasteiger partial charge in [-0.05, 0) is 54.9 Å². The molecule has 2 aliphatic carbocycles. The van der Waals surface area contributed by atoms with Gasteiger partial charge in [0, 0.05) is 0 Å². The van der Waals surface area contributed by atoms with Crippen LogP contribution in [0.15, 0.2) is 0 Å². The van der Waals surface area contributed by atoms with Crippen LogP contribution in [0.5, 0.6) is 0 Å². The Morgan fingerprint density at radius 1 is 1.00 bits per heavy atom. The summed E-state index contributed by atoms with van der Waals surface area (Å²) in [6.45, 7) is 7.43. The summed E-state index contributed by atoms with van der Waals surface area (Å²) >= 11 is 1.75. The van der Waals surface area contributed by atoms with Crippen LogP contribution in [0.1, 0.15) is 46.5 Å². The molecule has 2 fully saturated rings. The normalized spacial score (nSPS) is 39.9. The second-order valence-corrected chi connectivity index (χ2v) is 6.28. The number of thioether (sulfide) groups is 1. The first kappa shape index (κ1) is 11.4. The third-order valence-corrected chi connectivity index (χ3v) is 4.67. The molecule has 0 aromatic carbocycles. The van der Waals surface area contributed by atoms with Crippen LogP contribution < -0.4 is 0 Å². The molecule has 13 heavy (non-hydrogen) atoms. The molecule has 0 spiro atoms. The fourth-order valence-electron chi connectivity index (χ4n) is 3.11. The third-order valence-electron chi connectivity index (χ3n) is 4.67. The predicted octanol–water partition coefficient (Wildman–Crippen LogP) is 4.20. The SMILES string of the molecule is CC12CCC(CC1)C2(C)C.CSC. The van der Waals surface area contributed by atoms with E-state index in [1.165, 1.54) is 25.7 Å². The highest BCUT2D eigenvalue weighted by Gasteiger charge is 2.55. The summed E-state index contributed by atoms with van der Waals surface area (Å²) in [4.78, 5) is 0. The summed E-state index contributed by atoms with van der Waals surface area (Å²) in [6.07, 6.45) is 10.1. The van der Waals surface area contributed by atoms with Gasteiger partial charge >= 0.3 is 0 Å². The van der Waals surface area contributed by atoms with Crippen LogP contribution in [0.2, 0.25) is 0 Å². The Balaban J connectivity index is 0.000000251.